The molecule has 3 rings (SSSR count). The van der Waals surface area contributed by atoms with Crippen molar-refractivity contribution in [2.75, 3.05) is 0 Å². The number of carboxylic acids is 1. The summed E-state index contributed by atoms with van der Waals surface area (Å²) in [4.78, 5) is 24.1. The first-order chi connectivity index (χ1) is 14.2. The van der Waals surface area contributed by atoms with Crippen LogP contribution in [0.4, 0.5) is 0 Å². The van der Waals surface area contributed by atoms with Gasteiger partial charge in [0.2, 0.25) is 0 Å². The van der Waals surface area contributed by atoms with Crippen molar-refractivity contribution in [1.29, 1.82) is 0 Å². The summed E-state index contributed by atoms with van der Waals surface area (Å²) in [6, 6.07) is 14.2. The molecule has 1 amide bonds. The third-order valence-electron chi connectivity index (χ3n) is 5.58. The minimum atomic E-state index is -0.963. The topological polar surface area (TPSA) is 75.6 Å². The van der Waals surface area contributed by atoms with Gasteiger partial charge in [-0.2, -0.15) is 0 Å². The molecule has 1 aliphatic rings. The molecule has 1 aliphatic carbocycles. The van der Waals surface area contributed by atoms with E-state index in [0.29, 0.717) is 5.56 Å². The van der Waals surface area contributed by atoms with Crippen molar-refractivity contribution in [2.45, 2.75) is 70.4 Å². The average molecular weight is 410 g/mol. The van der Waals surface area contributed by atoms with Crippen molar-refractivity contribution in [3.8, 4) is 5.75 Å². The largest absolute Gasteiger partial charge is 0.490 e. The number of nitrogens with one attached hydrogen (secondary N) is 1. The van der Waals surface area contributed by atoms with E-state index in [-0.39, 0.29) is 23.8 Å². The summed E-state index contributed by atoms with van der Waals surface area (Å²) in [6.45, 7) is 6.35. The highest BCUT2D eigenvalue weighted by molar-refractivity contribution is 5.94. The van der Waals surface area contributed by atoms with Gasteiger partial charge in [0, 0.05) is 5.56 Å². The maximum Gasteiger partial charge on any atom is 0.305 e. The van der Waals surface area contributed by atoms with Crippen molar-refractivity contribution in [2.24, 2.45) is 0 Å². The molecule has 0 aliphatic heterocycles. The molecular weight excluding hydrogens is 378 g/mol. The number of carboxylic acid groups (broad SMARTS) is 1. The SMILES string of the molecule is CC(C)(C)c1ccc(C(=O)N[C@H](CC(=O)O)c2ccc(OC3CCCC3)cc2)cc1. The number of benzene rings is 2. The molecule has 5 heteroatoms. The molecule has 30 heavy (non-hydrogen) atoms. The molecule has 160 valence electrons. The second-order valence-electron chi connectivity index (χ2n) is 9.04. The second-order valence-corrected chi connectivity index (χ2v) is 9.04. The third-order valence-corrected chi connectivity index (χ3v) is 5.58. The highest BCUT2D eigenvalue weighted by Crippen LogP contribution is 2.27. The molecule has 0 radical (unpaired) electrons. The van der Waals surface area contributed by atoms with Crippen LogP contribution in [0.2, 0.25) is 0 Å². The summed E-state index contributed by atoms with van der Waals surface area (Å²) in [7, 11) is 0. The minimum Gasteiger partial charge on any atom is -0.490 e. The van der Waals surface area contributed by atoms with Crippen LogP contribution in [0.25, 0.3) is 0 Å². The number of aliphatic carboxylic acids is 1. The Bertz CT molecular complexity index is 860. The van der Waals surface area contributed by atoms with Crippen LogP contribution in [-0.4, -0.2) is 23.1 Å². The minimum absolute atomic E-state index is 0.00314. The molecular formula is C25H31NO4. The molecule has 1 fully saturated rings. The van der Waals surface area contributed by atoms with Crippen molar-refractivity contribution in [3.63, 3.8) is 0 Å². The standard InChI is InChI=1S/C25H31NO4/c1-25(2,3)19-12-8-18(9-13-19)24(29)26-22(16-23(27)28)17-10-14-21(15-11-17)30-20-6-4-5-7-20/h8-15,20,22H,4-7,16H2,1-3H3,(H,26,29)(H,27,28)/t22-/m1/s1. The predicted octanol–water partition coefficient (Wildman–Crippen LogP) is 5.25. The van der Waals surface area contributed by atoms with Crippen molar-refractivity contribution >= 4 is 11.9 Å². The first-order valence-corrected chi connectivity index (χ1v) is 10.6. The Balaban J connectivity index is 1.70. The van der Waals surface area contributed by atoms with Crippen molar-refractivity contribution in [1.82, 2.24) is 5.32 Å². The van der Waals surface area contributed by atoms with E-state index in [1.54, 1.807) is 12.1 Å². The van der Waals surface area contributed by atoms with Gasteiger partial charge in [-0.3, -0.25) is 9.59 Å². The maximum atomic E-state index is 12.7. The highest BCUT2D eigenvalue weighted by atomic mass is 16.5. The van der Waals surface area contributed by atoms with Gasteiger partial charge in [-0.15, -0.1) is 0 Å². The maximum absolute atomic E-state index is 12.7. The molecule has 5 nitrogen and oxygen atoms in total. The summed E-state index contributed by atoms with van der Waals surface area (Å²) < 4.78 is 5.98. The number of ether oxygens (including phenoxy) is 1. The molecule has 0 aromatic heterocycles. The Kier molecular flexibility index (Phi) is 6.80. The van der Waals surface area contributed by atoms with Crippen LogP contribution in [0, 0.1) is 0 Å². The molecule has 1 saturated carbocycles. The number of carbonyl (C=O) groups is 2. The van der Waals surface area contributed by atoms with E-state index in [1.807, 2.05) is 36.4 Å². The van der Waals surface area contributed by atoms with E-state index < -0.39 is 12.0 Å². The Morgan fingerprint density at radius 2 is 1.63 bits per heavy atom. The van der Waals surface area contributed by atoms with Gasteiger partial charge < -0.3 is 15.2 Å². The molecule has 2 N–H and O–H groups in total. The van der Waals surface area contributed by atoms with Crippen LogP contribution in [0.5, 0.6) is 5.75 Å². The molecule has 2 aromatic carbocycles. The molecule has 0 saturated heterocycles. The summed E-state index contributed by atoms with van der Waals surface area (Å²) in [6.07, 6.45) is 4.63. The Labute approximate surface area is 178 Å². The summed E-state index contributed by atoms with van der Waals surface area (Å²) in [5, 5.41) is 12.2. The van der Waals surface area contributed by atoms with E-state index >= 15 is 0 Å². The lowest BCUT2D eigenvalue weighted by molar-refractivity contribution is -0.137. The molecule has 0 bridgehead atoms. The molecule has 0 heterocycles. The molecule has 0 spiro atoms. The van der Waals surface area contributed by atoms with Crippen molar-refractivity contribution < 1.29 is 19.4 Å². The lowest BCUT2D eigenvalue weighted by Gasteiger charge is -2.20. The number of rotatable bonds is 7. The van der Waals surface area contributed by atoms with Crippen LogP contribution < -0.4 is 10.1 Å². The Hall–Kier alpha value is -2.82. The first-order valence-electron chi connectivity index (χ1n) is 10.6. The number of hydrogen-bond donors (Lipinski definition) is 2. The van der Waals surface area contributed by atoms with Gasteiger partial charge >= 0.3 is 5.97 Å². The molecule has 1 atom stereocenters. The van der Waals surface area contributed by atoms with Gasteiger partial charge in [-0.05, 0) is 66.5 Å². The highest BCUT2D eigenvalue weighted by Gasteiger charge is 2.21. The number of amides is 1. The lowest BCUT2D eigenvalue weighted by atomic mass is 9.86. The van der Waals surface area contributed by atoms with Gasteiger partial charge in [0.05, 0.1) is 18.6 Å². The summed E-state index contributed by atoms with van der Waals surface area (Å²) in [5.74, 6) is -0.466. The predicted molar refractivity (Wildman–Crippen MR) is 117 cm³/mol. The summed E-state index contributed by atoms with van der Waals surface area (Å²) in [5.41, 5.74) is 2.40. The Morgan fingerprint density at radius 3 is 2.17 bits per heavy atom. The zero-order valence-corrected chi connectivity index (χ0v) is 18.0. The number of hydrogen-bond acceptors (Lipinski definition) is 3. The van der Waals surface area contributed by atoms with E-state index in [4.69, 9.17) is 4.74 Å². The van der Waals surface area contributed by atoms with Crippen LogP contribution in [0.15, 0.2) is 48.5 Å². The van der Waals surface area contributed by atoms with Crippen LogP contribution in [-0.2, 0) is 10.2 Å². The fourth-order valence-corrected chi connectivity index (χ4v) is 3.77. The zero-order chi connectivity index (χ0) is 21.7. The van der Waals surface area contributed by atoms with Gasteiger partial charge in [0.1, 0.15) is 5.75 Å². The third kappa shape index (κ3) is 5.85. The lowest BCUT2D eigenvalue weighted by Crippen LogP contribution is -2.30. The fraction of sp³-hybridized carbons (Fsp3) is 0.440. The Morgan fingerprint density at radius 1 is 1.03 bits per heavy atom. The fourth-order valence-electron chi connectivity index (χ4n) is 3.77. The average Bonchev–Trinajstić information content (AvgIpc) is 3.20. The zero-order valence-electron chi connectivity index (χ0n) is 18.0. The van der Waals surface area contributed by atoms with Crippen LogP contribution in [0.1, 0.15) is 80.4 Å². The normalized spacial score (nSPS) is 15.6. The smallest absolute Gasteiger partial charge is 0.305 e. The number of carbonyl (C=O) groups excluding carboxylic acids is 1. The van der Waals surface area contributed by atoms with Gasteiger partial charge in [-0.25, -0.2) is 0 Å². The van der Waals surface area contributed by atoms with Crippen LogP contribution in [0.3, 0.4) is 0 Å². The second kappa shape index (κ2) is 9.33. The van der Waals surface area contributed by atoms with E-state index in [2.05, 4.69) is 26.1 Å². The quantitative estimate of drug-likeness (QED) is 0.655. The van der Waals surface area contributed by atoms with Gasteiger partial charge in [0.15, 0.2) is 0 Å². The van der Waals surface area contributed by atoms with Crippen LogP contribution >= 0.6 is 0 Å². The molecule has 2 aromatic rings. The monoisotopic (exact) mass is 409 g/mol. The van der Waals surface area contributed by atoms with Gasteiger partial charge in [-0.1, -0.05) is 45.0 Å². The first kappa shape index (κ1) is 21.9. The molecule has 0 unspecified atom stereocenters. The van der Waals surface area contributed by atoms with Gasteiger partial charge in [0.25, 0.3) is 5.91 Å². The van der Waals surface area contributed by atoms with E-state index in [1.165, 1.54) is 12.8 Å². The van der Waals surface area contributed by atoms with Crippen molar-refractivity contribution in [3.05, 3.63) is 65.2 Å². The van der Waals surface area contributed by atoms with E-state index in [9.17, 15) is 14.7 Å². The van der Waals surface area contributed by atoms with E-state index in [0.717, 1.165) is 29.7 Å². The summed E-state index contributed by atoms with van der Waals surface area (Å²) >= 11 is 0.